The van der Waals surface area contributed by atoms with Crippen molar-refractivity contribution in [2.45, 2.75) is 31.6 Å². The van der Waals surface area contributed by atoms with Crippen molar-refractivity contribution in [1.29, 1.82) is 0 Å². The van der Waals surface area contributed by atoms with Gasteiger partial charge in [0, 0.05) is 17.8 Å². The molecule has 0 spiro atoms. The molecule has 0 amide bonds. The van der Waals surface area contributed by atoms with Gasteiger partial charge in [0.05, 0.1) is 11.9 Å². The predicted octanol–water partition coefficient (Wildman–Crippen LogP) is 3.01. The first-order chi connectivity index (χ1) is 7.67. The maximum atomic E-state index is 12.7. The molecule has 0 bridgehead atoms. The number of thioether (sulfide) groups is 1. The van der Waals surface area contributed by atoms with Crippen LogP contribution in [0.3, 0.4) is 0 Å². The largest absolute Gasteiger partial charge is 0.308 e. The van der Waals surface area contributed by atoms with E-state index in [1.54, 1.807) is 6.07 Å². The SMILES string of the molecule is CCC(NCC(C)SC)c1ccc(F)cn1. The number of hydrogen-bond acceptors (Lipinski definition) is 3. The van der Waals surface area contributed by atoms with Crippen molar-refractivity contribution >= 4 is 11.8 Å². The van der Waals surface area contributed by atoms with Crippen LogP contribution in [0.2, 0.25) is 0 Å². The number of nitrogens with zero attached hydrogens (tertiary/aromatic N) is 1. The lowest BCUT2D eigenvalue weighted by Crippen LogP contribution is -2.27. The fourth-order valence-electron chi connectivity index (χ4n) is 1.44. The average Bonchev–Trinajstić information content (AvgIpc) is 2.31. The Morgan fingerprint density at radius 1 is 1.50 bits per heavy atom. The highest BCUT2D eigenvalue weighted by atomic mass is 32.2. The summed E-state index contributed by atoms with van der Waals surface area (Å²) in [6.45, 7) is 5.23. The lowest BCUT2D eigenvalue weighted by atomic mass is 10.1. The summed E-state index contributed by atoms with van der Waals surface area (Å²) in [6, 6.07) is 3.43. The van der Waals surface area contributed by atoms with Gasteiger partial charge in [0.1, 0.15) is 5.82 Å². The second-order valence-electron chi connectivity index (χ2n) is 3.82. The Bertz CT molecular complexity index is 302. The highest BCUT2D eigenvalue weighted by Crippen LogP contribution is 2.15. The lowest BCUT2D eigenvalue weighted by molar-refractivity contribution is 0.507. The first kappa shape index (κ1) is 13.5. The molecular weight excluding hydrogens is 223 g/mol. The molecular formula is C12H19FN2S. The molecule has 16 heavy (non-hydrogen) atoms. The number of rotatable bonds is 6. The summed E-state index contributed by atoms with van der Waals surface area (Å²) in [4.78, 5) is 4.11. The van der Waals surface area contributed by atoms with Gasteiger partial charge in [-0.05, 0) is 24.8 Å². The molecule has 0 saturated carbocycles. The third kappa shape index (κ3) is 4.10. The van der Waals surface area contributed by atoms with Crippen LogP contribution >= 0.6 is 11.8 Å². The molecule has 1 rings (SSSR count). The van der Waals surface area contributed by atoms with Gasteiger partial charge in [-0.1, -0.05) is 13.8 Å². The topological polar surface area (TPSA) is 24.9 Å². The molecule has 4 heteroatoms. The summed E-state index contributed by atoms with van der Waals surface area (Å²) in [5.74, 6) is -0.281. The molecule has 1 N–H and O–H groups in total. The second-order valence-corrected chi connectivity index (χ2v) is 5.09. The number of hydrogen-bond donors (Lipinski definition) is 1. The molecule has 0 aliphatic heterocycles. The van der Waals surface area contributed by atoms with E-state index < -0.39 is 0 Å². The second kappa shape index (κ2) is 6.86. The standard InChI is InChI=1S/C12H19FN2S/c1-4-11(14-7-9(2)16-3)12-6-5-10(13)8-15-12/h5-6,8-9,11,14H,4,7H2,1-3H3. The highest BCUT2D eigenvalue weighted by molar-refractivity contribution is 7.99. The van der Waals surface area contributed by atoms with E-state index >= 15 is 0 Å². The van der Waals surface area contributed by atoms with E-state index in [4.69, 9.17) is 0 Å². The molecule has 2 nitrogen and oxygen atoms in total. The first-order valence-corrected chi connectivity index (χ1v) is 6.83. The van der Waals surface area contributed by atoms with Gasteiger partial charge in [0.25, 0.3) is 0 Å². The molecule has 0 saturated heterocycles. The Labute approximate surface area is 101 Å². The maximum Gasteiger partial charge on any atom is 0.141 e. The lowest BCUT2D eigenvalue weighted by Gasteiger charge is -2.18. The third-order valence-corrected chi connectivity index (χ3v) is 3.54. The normalized spacial score (nSPS) is 14.8. The number of pyridine rings is 1. The van der Waals surface area contributed by atoms with E-state index in [2.05, 4.69) is 30.4 Å². The van der Waals surface area contributed by atoms with E-state index in [0.29, 0.717) is 5.25 Å². The van der Waals surface area contributed by atoms with Gasteiger partial charge >= 0.3 is 0 Å². The summed E-state index contributed by atoms with van der Waals surface area (Å²) < 4.78 is 12.7. The Morgan fingerprint density at radius 2 is 2.25 bits per heavy atom. The van der Waals surface area contributed by atoms with Gasteiger partial charge in [-0.25, -0.2) is 4.39 Å². The van der Waals surface area contributed by atoms with E-state index in [1.165, 1.54) is 12.3 Å². The number of aromatic nitrogens is 1. The Hall–Kier alpha value is -0.610. The van der Waals surface area contributed by atoms with Crippen molar-refractivity contribution in [1.82, 2.24) is 10.3 Å². The van der Waals surface area contributed by atoms with Crippen LogP contribution in [0.5, 0.6) is 0 Å². The van der Waals surface area contributed by atoms with Crippen molar-refractivity contribution in [3.8, 4) is 0 Å². The fourth-order valence-corrected chi connectivity index (χ4v) is 1.71. The molecule has 0 aliphatic rings. The zero-order valence-corrected chi connectivity index (χ0v) is 10.9. The molecule has 1 aromatic rings. The summed E-state index contributed by atoms with van der Waals surface area (Å²) in [7, 11) is 0. The minimum atomic E-state index is -0.281. The van der Waals surface area contributed by atoms with Gasteiger partial charge in [0.2, 0.25) is 0 Å². The van der Waals surface area contributed by atoms with Gasteiger partial charge in [0.15, 0.2) is 0 Å². The van der Waals surface area contributed by atoms with Crippen LogP contribution in [0.1, 0.15) is 32.0 Å². The molecule has 2 atom stereocenters. The van der Waals surface area contributed by atoms with Crippen LogP contribution < -0.4 is 5.32 Å². The molecule has 0 aliphatic carbocycles. The van der Waals surface area contributed by atoms with Crippen molar-refractivity contribution < 1.29 is 4.39 Å². The summed E-state index contributed by atoms with van der Waals surface area (Å²) in [5, 5.41) is 4.03. The van der Waals surface area contributed by atoms with Crippen molar-refractivity contribution in [3.63, 3.8) is 0 Å². The quantitative estimate of drug-likeness (QED) is 0.830. The van der Waals surface area contributed by atoms with Gasteiger partial charge in [-0.3, -0.25) is 4.98 Å². The van der Waals surface area contributed by atoms with Gasteiger partial charge in [-0.2, -0.15) is 11.8 Å². The Morgan fingerprint density at radius 3 is 2.75 bits per heavy atom. The van der Waals surface area contributed by atoms with Crippen LogP contribution in [0.25, 0.3) is 0 Å². The molecule has 0 fully saturated rings. The summed E-state index contributed by atoms with van der Waals surface area (Å²) in [5.41, 5.74) is 0.914. The Balaban J connectivity index is 2.57. The average molecular weight is 242 g/mol. The summed E-state index contributed by atoms with van der Waals surface area (Å²) in [6.07, 6.45) is 4.33. The van der Waals surface area contributed by atoms with E-state index in [9.17, 15) is 4.39 Å². The molecule has 1 heterocycles. The van der Waals surface area contributed by atoms with Crippen LogP contribution in [-0.4, -0.2) is 23.0 Å². The zero-order valence-electron chi connectivity index (χ0n) is 10.0. The minimum Gasteiger partial charge on any atom is -0.308 e. The van der Waals surface area contributed by atoms with E-state index in [0.717, 1.165) is 18.7 Å². The van der Waals surface area contributed by atoms with Crippen LogP contribution in [0, 0.1) is 5.82 Å². The third-order valence-electron chi connectivity index (χ3n) is 2.57. The van der Waals surface area contributed by atoms with E-state index in [1.807, 2.05) is 11.8 Å². The van der Waals surface area contributed by atoms with Crippen molar-refractivity contribution in [3.05, 3.63) is 29.8 Å². The first-order valence-electron chi connectivity index (χ1n) is 5.55. The number of nitrogens with one attached hydrogen (secondary N) is 1. The van der Waals surface area contributed by atoms with Crippen molar-refractivity contribution in [2.75, 3.05) is 12.8 Å². The predicted molar refractivity (Wildman–Crippen MR) is 68.2 cm³/mol. The zero-order chi connectivity index (χ0) is 12.0. The highest BCUT2D eigenvalue weighted by Gasteiger charge is 2.11. The van der Waals surface area contributed by atoms with Crippen LogP contribution in [0.4, 0.5) is 4.39 Å². The van der Waals surface area contributed by atoms with Crippen LogP contribution in [-0.2, 0) is 0 Å². The molecule has 0 radical (unpaired) electrons. The molecule has 1 aromatic heterocycles. The number of halogens is 1. The smallest absolute Gasteiger partial charge is 0.141 e. The maximum absolute atomic E-state index is 12.7. The Kier molecular flexibility index (Phi) is 5.77. The fraction of sp³-hybridized carbons (Fsp3) is 0.583. The van der Waals surface area contributed by atoms with Crippen molar-refractivity contribution in [2.24, 2.45) is 0 Å². The summed E-state index contributed by atoms with van der Waals surface area (Å²) >= 11 is 1.83. The molecule has 2 unspecified atom stereocenters. The van der Waals surface area contributed by atoms with Crippen LogP contribution in [0.15, 0.2) is 18.3 Å². The monoisotopic (exact) mass is 242 g/mol. The minimum absolute atomic E-state index is 0.218. The molecule has 90 valence electrons. The van der Waals surface area contributed by atoms with E-state index in [-0.39, 0.29) is 11.9 Å². The molecule has 0 aromatic carbocycles. The van der Waals surface area contributed by atoms with Gasteiger partial charge < -0.3 is 5.32 Å². The van der Waals surface area contributed by atoms with Gasteiger partial charge in [-0.15, -0.1) is 0 Å².